The van der Waals surface area contributed by atoms with Crippen LogP contribution >= 0.6 is 0 Å². The smallest absolute Gasteiger partial charge is 0.408 e. The number of alkyl carbamates (subject to hydrolysis) is 1. The zero-order valence-corrected chi connectivity index (χ0v) is 15.4. The second-order valence-corrected chi connectivity index (χ2v) is 8.92. The lowest BCUT2D eigenvalue weighted by Crippen LogP contribution is -2.52. The number of carbonyl (C=O) groups excluding carboxylic acids is 1. The third-order valence-electron chi connectivity index (χ3n) is 2.87. The molecule has 0 aliphatic heterocycles. The van der Waals surface area contributed by atoms with Crippen LogP contribution in [0.4, 0.5) is 4.79 Å². The van der Waals surface area contributed by atoms with Crippen molar-refractivity contribution in [2.24, 2.45) is 0 Å². The molecule has 2 N–H and O–H groups in total. The summed E-state index contributed by atoms with van der Waals surface area (Å²) in [6.45, 7) is 10.7. The quantitative estimate of drug-likeness (QED) is 0.861. The Hall–Kier alpha value is -1.60. The SMILES string of the molecule is Cc1ccc(S(=O)(=O)NCC(C)(C)NC(=O)OC(C)(C)C)cc1. The topological polar surface area (TPSA) is 84.5 Å². The third kappa shape index (κ3) is 7.00. The van der Waals surface area contributed by atoms with E-state index in [0.717, 1.165) is 5.56 Å². The second-order valence-electron chi connectivity index (χ2n) is 7.15. The summed E-state index contributed by atoms with van der Waals surface area (Å²) < 4.78 is 32.2. The van der Waals surface area contributed by atoms with Crippen molar-refractivity contribution in [1.29, 1.82) is 0 Å². The van der Waals surface area contributed by atoms with Crippen LogP contribution in [0.25, 0.3) is 0 Å². The molecule has 130 valence electrons. The maximum absolute atomic E-state index is 12.2. The molecule has 0 heterocycles. The third-order valence-corrected chi connectivity index (χ3v) is 4.29. The van der Waals surface area contributed by atoms with Crippen LogP contribution in [0.1, 0.15) is 40.2 Å². The zero-order valence-electron chi connectivity index (χ0n) is 14.6. The van der Waals surface area contributed by atoms with Crippen molar-refractivity contribution in [2.45, 2.75) is 57.6 Å². The van der Waals surface area contributed by atoms with Gasteiger partial charge < -0.3 is 10.1 Å². The molecule has 0 unspecified atom stereocenters. The van der Waals surface area contributed by atoms with Crippen molar-refractivity contribution in [1.82, 2.24) is 10.0 Å². The molecule has 1 aromatic rings. The van der Waals surface area contributed by atoms with Crippen molar-refractivity contribution in [2.75, 3.05) is 6.54 Å². The lowest BCUT2D eigenvalue weighted by Gasteiger charge is -2.28. The van der Waals surface area contributed by atoms with Crippen LogP contribution in [0.2, 0.25) is 0 Å². The van der Waals surface area contributed by atoms with Crippen molar-refractivity contribution in [3.63, 3.8) is 0 Å². The molecule has 0 aliphatic carbocycles. The zero-order chi connectivity index (χ0) is 17.9. The van der Waals surface area contributed by atoms with Crippen LogP contribution in [0.3, 0.4) is 0 Å². The summed E-state index contributed by atoms with van der Waals surface area (Å²) in [5, 5.41) is 2.66. The van der Waals surface area contributed by atoms with Crippen molar-refractivity contribution in [3.8, 4) is 0 Å². The van der Waals surface area contributed by atoms with Crippen LogP contribution in [-0.4, -0.2) is 32.2 Å². The molecule has 0 spiro atoms. The van der Waals surface area contributed by atoms with Gasteiger partial charge in [0.25, 0.3) is 0 Å². The molecule has 0 radical (unpaired) electrons. The predicted molar refractivity (Wildman–Crippen MR) is 89.8 cm³/mol. The Morgan fingerprint density at radius 2 is 1.61 bits per heavy atom. The first-order valence-corrected chi connectivity index (χ1v) is 8.87. The Bertz CT molecular complexity index is 644. The lowest BCUT2D eigenvalue weighted by atomic mass is 10.1. The molecule has 0 fully saturated rings. The van der Waals surface area contributed by atoms with E-state index in [1.807, 2.05) is 6.92 Å². The van der Waals surface area contributed by atoms with E-state index in [4.69, 9.17) is 4.74 Å². The number of aryl methyl sites for hydroxylation is 1. The van der Waals surface area contributed by atoms with E-state index in [0.29, 0.717) is 0 Å². The fraction of sp³-hybridized carbons (Fsp3) is 0.562. The first kappa shape index (κ1) is 19.4. The summed E-state index contributed by atoms with van der Waals surface area (Å²) in [7, 11) is -3.62. The largest absolute Gasteiger partial charge is 0.444 e. The van der Waals surface area contributed by atoms with Crippen molar-refractivity contribution >= 4 is 16.1 Å². The van der Waals surface area contributed by atoms with E-state index in [-0.39, 0.29) is 11.4 Å². The Balaban J connectivity index is 2.68. The van der Waals surface area contributed by atoms with Crippen LogP contribution < -0.4 is 10.0 Å². The van der Waals surface area contributed by atoms with Gasteiger partial charge in [0.1, 0.15) is 5.60 Å². The number of amides is 1. The lowest BCUT2D eigenvalue weighted by molar-refractivity contribution is 0.0474. The highest BCUT2D eigenvalue weighted by atomic mass is 32.2. The van der Waals surface area contributed by atoms with Gasteiger partial charge in [-0.2, -0.15) is 0 Å². The molecule has 0 saturated heterocycles. The molecule has 0 aliphatic rings. The van der Waals surface area contributed by atoms with Crippen LogP contribution in [0.5, 0.6) is 0 Å². The van der Waals surface area contributed by atoms with Crippen LogP contribution in [-0.2, 0) is 14.8 Å². The average Bonchev–Trinajstić information content (AvgIpc) is 2.34. The van der Waals surface area contributed by atoms with Gasteiger partial charge in [0, 0.05) is 6.54 Å². The molecule has 0 bridgehead atoms. The van der Waals surface area contributed by atoms with E-state index >= 15 is 0 Å². The molecule has 23 heavy (non-hydrogen) atoms. The van der Waals surface area contributed by atoms with Crippen LogP contribution in [0, 0.1) is 6.92 Å². The summed E-state index contributed by atoms with van der Waals surface area (Å²) >= 11 is 0. The number of nitrogens with one attached hydrogen (secondary N) is 2. The monoisotopic (exact) mass is 342 g/mol. The number of hydrogen-bond acceptors (Lipinski definition) is 4. The number of sulfonamides is 1. The van der Waals surface area contributed by atoms with Crippen molar-refractivity contribution < 1.29 is 17.9 Å². The minimum absolute atomic E-state index is 0.0441. The van der Waals surface area contributed by atoms with Gasteiger partial charge in [-0.3, -0.25) is 0 Å². The fourth-order valence-electron chi connectivity index (χ4n) is 1.70. The van der Waals surface area contributed by atoms with E-state index in [1.165, 1.54) is 0 Å². The molecule has 6 nitrogen and oxygen atoms in total. The van der Waals surface area contributed by atoms with E-state index < -0.39 is 27.3 Å². The highest BCUT2D eigenvalue weighted by Gasteiger charge is 2.26. The number of rotatable bonds is 5. The van der Waals surface area contributed by atoms with Gasteiger partial charge in [0.05, 0.1) is 10.4 Å². The summed E-state index contributed by atoms with van der Waals surface area (Å²) in [6.07, 6.45) is -0.586. The summed E-state index contributed by atoms with van der Waals surface area (Å²) in [5.74, 6) is 0. The summed E-state index contributed by atoms with van der Waals surface area (Å²) in [4.78, 5) is 12.0. The van der Waals surface area contributed by atoms with Gasteiger partial charge in [-0.25, -0.2) is 17.9 Å². The average molecular weight is 342 g/mol. The molecule has 0 atom stereocenters. The van der Waals surface area contributed by atoms with Gasteiger partial charge in [0.2, 0.25) is 10.0 Å². The van der Waals surface area contributed by atoms with E-state index in [1.54, 1.807) is 58.9 Å². The fourth-order valence-corrected chi connectivity index (χ4v) is 2.91. The Morgan fingerprint density at radius 1 is 1.09 bits per heavy atom. The molecular weight excluding hydrogens is 316 g/mol. The summed E-state index contributed by atoms with van der Waals surface area (Å²) in [6, 6.07) is 6.56. The molecule has 1 amide bonds. The molecule has 0 saturated carbocycles. The van der Waals surface area contributed by atoms with Gasteiger partial charge in [-0.1, -0.05) is 17.7 Å². The maximum atomic E-state index is 12.2. The molecular formula is C16H26N2O4S. The van der Waals surface area contributed by atoms with Gasteiger partial charge in [0.15, 0.2) is 0 Å². The minimum Gasteiger partial charge on any atom is -0.444 e. The number of ether oxygens (including phenoxy) is 1. The molecule has 7 heteroatoms. The highest BCUT2D eigenvalue weighted by Crippen LogP contribution is 2.12. The second kappa shape index (κ2) is 6.88. The maximum Gasteiger partial charge on any atom is 0.408 e. The standard InChI is InChI=1S/C16H26N2O4S/c1-12-7-9-13(10-8-12)23(20,21)17-11-16(5,6)18-14(19)22-15(2,3)4/h7-10,17H,11H2,1-6H3,(H,18,19). The first-order valence-electron chi connectivity index (χ1n) is 7.38. The first-order chi connectivity index (χ1) is 10.3. The minimum atomic E-state index is -3.62. The Kier molecular flexibility index (Phi) is 5.82. The highest BCUT2D eigenvalue weighted by molar-refractivity contribution is 7.89. The van der Waals surface area contributed by atoms with Gasteiger partial charge >= 0.3 is 6.09 Å². The number of hydrogen-bond donors (Lipinski definition) is 2. The number of carbonyl (C=O) groups is 1. The van der Waals surface area contributed by atoms with Crippen LogP contribution in [0.15, 0.2) is 29.2 Å². The predicted octanol–water partition coefficient (Wildman–Crippen LogP) is 2.58. The normalized spacial score (nSPS) is 12.8. The van der Waals surface area contributed by atoms with E-state index in [9.17, 15) is 13.2 Å². The number of benzene rings is 1. The van der Waals surface area contributed by atoms with E-state index in [2.05, 4.69) is 10.0 Å². The van der Waals surface area contributed by atoms with Crippen molar-refractivity contribution in [3.05, 3.63) is 29.8 Å². The van der Waals surface area contributed by atoms with Gasteiger partial charge in [-0.15, -0.1) is 0 Å². The Labute approximate surface area is 138 Å². The molecule has 1 rings (SSSR count). The summed E-state index contributed by atoms with van der Waals surface area (Å²) in [5.41, 5.74) is -0.419. The molecule has 0 aromatic heterocycles. The molecule has 1 aromatic carbocycles. The Morgan fingerprint density at radius 3 is 2.09 bits per heavy atom. The van der Waals surface area contributed by atoms with Gasteiger partial charge in [-0.05, 0) is 53.7 Å².